The molecular formula is C27H36N4O8. The number of imide groups is 1. The van der Waals surface area contributed by atoms with Crippen molar-refractivity contribution < 1.29 is 33.3 Å². The van der Waals surface area contributed by atoms with Crippen LogP contribution in [-0.4, -0.2) is 78.8 Å². The second-order valence-electron chi connectivity index (χ2n) is 9.86. The zero-order chi connectivity index (χ0) is 28.4. The number of imidazole rings is 1. The van der Waals surface area contributed by atoms with Gasteiger partial charge in [-0.05, 0) is 39.3 Å². The molecule has 0 spiro atoms. The van der Waals surface area contributed by atoms with Crippen molar-refractivity contribution in [1.82, 2.24) is 19.8 Å². The molecular weight excluding hydrogens is 508 g/mol. The molecule has 1 aliphatic heterocycles. The van der Waals surface area contributed by atoms with E-state index in [1.165, 1.54) is 9.13 Å². The first-order valence-corrected chi connectivity index (χ1v) is 12.8. The molecule has 0 bridgehead atoms. The number of aryl methyl sites for hydroxylation is 1. The Morgan fingerprint density at radius 1 is 1.08 bits per heavy atom. The Kier molecular flexibility index (Phi) is 10.7. The summed E-state index contributed by atoms with van der Waals surface area (Å²) in [7, 11) is 1.63. The van der Waals surface area contributed by atoms with E-state index in [-0.39, 0.29) is 31.0 Å². The maximum atomic E-state index is 13.0. The van der Waals surface area contributed by atoms with Crippen molar-refractivity contribution in [2.24, 2.45) is 7.05 Å². The molecule has 212 valence electrons. The van der Waals surface area contributed by atoms with E-state index in [2.05, 4.69) is 22.5 Å². The number of amides is 3. The highest BCUT2D eigenvalue weighted by molar-refractivity contribution is 6.00. The van der Waals surface area contributed by atoms with Gasteiger partial charge in [-0.3, -0.25) is 24.0 Å². The lowest BCUT2D eigenvalue weighted by molar-refractivity contribution is -0.135. The fraction of sp³-hybridized carbons (Fsp3) is 0.556. The van der Waals surface area contributed by atoms with Crippen LogP contribution in [0.25, 0.3) is 11.0 Å². The third-order valence-electron chi connectivity index (χ3n) is 5.68. The Morgan fingerprint density at radius 3 is 2.46 bits per heavy atom. The molecule has 1 aromatic heterocycles. The Labute approximate surface area is 226 Å². The van der Waals surface area contributed by atoms with Gasteiger partial charge in [0.1, 0.15) is 18.2 Å². The molecule has 2 N–H and O–H groups in total. The molecule has 0 radical (unpaired) electrons. The number of fused-ring (bicyclic) bond motifs is 1. The molecule has 39 heavy (non-hydrogen) atoms. The van der Waals surface area contributed by atoms with E-state index in [9.17, 15) is 19.2 Å². The minimum Gasteiger partial charge on any atom is -0.444 e. The van der Waals surface area contributed by atoms with Crippen molar-refractivity contribution in [3.05, 3.63) is 34.2 Å². The molecule has 2 aromatic rings. The zero-order valence-electron chi connectivity index (χ0n) is 22.8. The first-order valence-electron chi connectivity index (χ1n) is 12.8. The van der Waals surface area contributed by atoms with Gasteiger partial charge < -0.3 is 24.3 Å². The first-order chi connectivity index (χ1) is 18.6. The molecule has 0 saturated carbocycles. The number of rotatable bonds is 11. The van der Waals surface area contributed by atoms with Crippen LogP contribution in [0.1, 0.15) is 45.2 Å². The Balaban J connectivity index is 1.38. The Morgan fingerprint density at radius 2 is 1.77 bits per heavy atom. The summed E-state index contributed by atoms with van der Waals surface area (Å²) in [5, 5.41) is 4.92. The number of carbonyl (C=O) groups excluding carboxylic acids is 3. The number of benzene rings is 1. The highest BCUT2D eigenvalue weighted by atomic mass is 16.6. The van der Waals surface area contributed by atoms with Gasteiger partial charge >= 0.3 is 11.8 Å². The van der Waals surface area contributed by atoms with Gasteiger partial charge in [0.05, 0.1) is 49.6 Å². The summed E-state index contributed by atoms with van der Waals surface area (Å²) in [5.41, 5.74) is 0.957. The number of nitrogens with one attached hydrogen (secondary N) is 2. The van der Waals surface area contributed by atoms with Crippen LogP contribution in [0.4, 0.5) is 4.79 Å². The van der Waals surface area contributed by atoms with Crippen molar-refractivity contribution in [3.8, 4) is 11.8 Å². The van der Waals surface area contributed by atoms with Gasteiger partial charge in [0, 0.05) is 20.0 Å². The van der Waals surface area contributed by atoms with Crippen LogP contribution in [-0.2, 0) is 35.6 Å². The summed E-state index contributed by atoms with van der Waals surface area (Å²) in [6.07, 6.45) is -0.0264. The Hall–Kier alpha value is -3.66. The summed E-state index contributed by atoms with van der Waals surface area (Å²) < 4.78 is 24.4. The quantitative estimate of drug-likeness (QED) is 0.245. The lowest BCUT2D eigenvalue weighted by Gasteiger charge is -2.21. The van der Waals surface area contributed by atoms with Crippen LogP contribution in [0.5, 0.6) is 0 Å². The van der Waals surface area contributed by atoms with Gasteiger partial charge in [-0.25, -0.2) is 9.59 Å². The van der Waals surface area contributed by atoms with Gasteiger partial charge in [0.25, 0.3) is 0 Å². The number of ether oxygens (including phenoxy) is 4. The largest absolute Gasteiger partial charge is 0.444 e. The molecule has 2 heterocycles. The van der Waals surface area contributed by atoms with Crippen molar-refractivity contribution >= 4 is 28.9 Å². The zero-order valence-corrected chi connectivity index (χ0v) is 22.8. The monoisotopic (exact) mass is 544 g/mol. The van der Waals surface area contributed by atoms with Crippen LogP contribution in [0, 0.1) is 11.8 Å². The van der Waals surface area contributed by atoms with Gasteiger partial charge in [0.15, 0.2) is 0 Å². The smallest absolute Gasteiger partial charge is 0.407 e. The highest BCUT2D eigenvalue weighted by Crippen LogP contribution is 2.24. The average molecular weight is 545 g/mol. The van der Waals surface area contributed by atoms with Crippen LogP contribution in [0.3, 0.4) is 0 Å². The maximum Gasteiger partial charge on any atom is 0.407 e. The SMILES string of the molecule is Cn1c(=O)n(C2CCC(=O)NC2=O)c2cccc(C#CCOCCOCCOCCNC(=O)OC(C)(C)C)c21. The standard InChI is InChI=1S/C27H36N4O8/c1-27(2,3)39-25(34)28-12-14-37-16-18-38-17-15-36-13-6-8-19-7-5-9-20-23(19)30(4)26(35)31(20)21-10-11-22(32)29-24(21)33/h5,7,9,21H,10-18H2,1-4H3,(H,28,34)(H,29,32,33). The topological polar surface area (TPSA) is 139 Å². The Bertz CT molecular complexity index is 1300. The van der Waals surface area contributed by atoms with E-state index in [0.29, 0.717) is 56.2 Å². The molecule has 1 unspecified atom stereocenters. The predicted molar refractivity (Wildman–Crippen MR) is 142 cm³/mol. The van der Waals surface area contributed by atoms with Gasteiger partial charge in [0.2, 0.25) is 11.8 Å². The second kappa shape index (κ2) is 13.9. The summed E-state index contributed by atoms with van der Waals surface area (Å²) in [6, 6.07) is 4.60. The molecule has 3 rings (SSSR count). The van der Waals surface area contributed by atoms with E-state index in [1.54, 1.807) is 46.0 Å². The van der Waals surface area contributed by atoms with Crippen LogP contribution in [0.15, 0.2) is 23.0 Å². The van der Waals surface area contributed by atoms with Gasteiger partial charge in [-0.2, -0.15) is 0 Å². The van der Waals surface area contributed by atoms with E-state index >= 15 is 0 Å². The summed E-state index contributed by atoms with van der Waals surface area (Å²) >= 11 is 0. The van der Waals surface area contributed by atoms with Crippen LogP contribution in [0.2, 0.25) is 0 Å². The van der Waals surface area contributed by atoms with Crippen LogP contribution < -0.4 is 16.3 Å². The number of hydrogen-bond donors (Lipinski definition) is 2. The van der Waals surface area contributed by atoms with E-state index in [4.69, 9.17) is 18.9 Å². The van der Waals surface area contributed by atoms with Gasteiger partial charge in [-0.1, -0.05) is 17.9 Å². The summed E-state index contributed by atoms with van der Waals surface area (Å²) in [6.45, 7) is 7.77. The molecule has 1 fully saturated rings. The minimum atomic E-state index is -0.746. The molecule has 3 amide bonds. The number of nitrogens with zero attached hydrogens (tertiary/aromatic N) is 2. The predicted octanol–water partition coefficient (Wildman–Crippen LogP) is 1.24. The van der Waals surface area contributed by atoms with Crippen molar-refractivity contribution in [3.63, 3.8) is 0 Å². The summed E-state index contributed by atoms with van der Waals surface area (Å²) in [5.74, 6) is 5.17. The second-order valence-corrected chi connectivity index (χ2v) is 9.86. The molecule has 12 heteroatoms. The number of carbonyl (C=O) groups is 3. The lowest BCUT2D eigenvalue weighted by Crippen LogP contribution is -2.44. The number of hydrogen-bond acceptors (Lipinski definition) is 8. The van der Waals surface area contributed by atoms with Crippen molar-refractivity contribution in [2.75, 3.05) is 46.2 Å². The average Bonchev–Trinajstić information content (AvgIpc) is 3.11. The lowest BCUT2D eigenvalue weighted by atomic mass is 10.1. The number of piperidine rings is 1. The number of aromatic nitrogens is 2. The highest BCUT2D eigenvalue weighted by Gasteiger charge is 2.31. The molecule has 1 atom stereocenters. The van der Waals surface area contributed by atoms with E-state index in [1.807, 2.05) is 0 Å². The fourth-order valence-electron chi connectivity index (χ4n) is 4.00. The third kappa shape index (κ3) is 8.68. The minimum absolute atomic E-state index is 0.175. The van der Waals surface area contributed by atoms with Crippen molar-refractivity contribution in [1.29, 1.82) is 0 Å². The first kappa shape index (κ1) is 29.9. The van der Waals surface area contributed by atoms with Crippen LogP contribution >= 0.6 is 0 Å². The normalized spacial score (nSPS) is 15.5. The molecule has 1 aliphatic rings. The van der Waals surface area contributed by atoms with Gasteiger partial charge in [-0.15, -0.1) is 0 Å². The maximum absolute atomic E-state index is 13.0. The number of alkyl carbamates (subject to hydrolysis) is 1. The molecule has 12 nitrogen and oxygen atoms in total. The van der Waals surface area contributed by atoms with E-state index < -0.39 is 23.6 Å². The fourth-order valence-corrected chi connectivity index (χ4v) is 4.00. The molecule has 0 aliphatic carbocycles. The van der Waals surface area contributed by atoms with Crippen molar-refractivity contribution in [2.45, 2.75) is 45.3 Å². The molecule has 1 aromatic carbocycles. The molecule has 1 saturated heterocycles. The third-order valence-corrected chi connectivity index (χ3v) is 5.68. The number of para-hydroxylation sites is 1. The van der Waals surface area contributed by atoms with E-state index in [0.717, 1.165) is 0 Å². The summed E-state index contributed by atoms with van der Waals surface area (Å²) in [4.78, 5) is 48.4.